The second-order valence-corrected chi connectivity index (χ2v) is 10.9. The van der Waals surface area contributed by atoms with Crippen LogP contribution in [-0.2, 0) is 20.8 Å². The zero-order valence-corrected chi connectivity index (χ0v) is 16.2. The zero-order valence-electron chi connectivity index (χ0n) is 15.4. The Morgan fingerprint density at radius 2 is 1.96 bits per heavy atom. The second-order valence-electron chi connectivity index (χ2n) is 9.01. The van der Waals surface area contributed by atoms with Crippen LogP contribution in [0.5, 0.6) is 0 Å². The summed E-state index contributed by atoms with van der Waals surface area (Å²) in [5.41, 5.74) is -0.490. The van der Waals surface area contributed by atoms with Gasteiger partial charge >= 0.3 is 6.09 Å². The van der Waals surface area contributed by atoms with Crippen LogP contribution in [-0.4, -0.2) is 57.7 Å². The number of carbonyl (C=O) groups is 1. The minimum atomic E-state index is -1.06. The van der Waals surface area contributed by atoms with Crippen molar-refractivity contribution in [3.05, 3.63) is 0 Å². The van der Waals surface area contributed by atoms with E-state index in [1.807, 2.05) is 34.6 Å². The summed E-state index contributed by atoms with van der Waals surface area (Å²) in [7, 11) is 0. The topological polar surface area (TPSA) is 73.9 Å². The molecule has 6 nitrogen and oxygen atoms in total. The third-order valence-electron chi connectivity index (χ3n) is 5.46. The lowest BCUT2D eigenvalue weighted by molar-refractivity contribution is 0.00646. The molecule has 0 aliphatic carbocycles. The third-order valence-corrected chi connectivity index (χ3v) is 7.09. The molecule has 7 heteroatoms. The molecule has 3 saturated heterocycles. The van der Waals surface area contributed by atoms with Crippen molar-refractivity contribution in [1.82, 2.24) is 9.62 Å². The van der Waals surface area contributed by atoms with Crippen LogP contribution in [0.4, 0.5) is 4.79 Å². The van der Waals surface area contributed by atoms with Gasteiger partial charge in [-0.2, -0.15) is 0 Å². The molecule has 3 rings (SSSR count). The smallest absolute Gasteiger partial charge is 0.410 e. The molecule has 0 aromatic rings. The fourth-order valence-electron chi connectivity index (χ4n) is 3.98. The Hall–Kier alpha value is -0.500. The predicted molar refractivity (Wildman–Crippen MR) is 93.0 cm³/mol. The highest BCUT2D eigenvalue weighted by Crippen LogP contribution is 2.47. The van der Waals surface area contributed by atoms with E-state index >= 15 is 0 Å². The lowest BCUT2D eigenvalue weighted by atomic mass is 9.72. The van der Waals surface area contributed by atoms with Crippen LogP contribution in [0.2, 0.25) is 0 Å². The van der Waals surface area contributed by atoms with Crippen LogP contribution >= 0.6 is 0 Å². The van der Waals surface area contributed by atoms with Gasteiger partial charge in [0.25, 0.3) is 0 Å². The van der Waals surface area contributed by atoms with E-state index in [2.05, 4.69) is 4.72 Å². The standard InChI is InChI=1S/C17H30N2O4S/c1-15(2,3)23-14(20)19-8-6-17(7-9-19)11-22-12-10-16(4,5)24(21)18-13(12)17/h12-13,18H,6-11H2,1-5H3/t12-,13-,24-/m1/s1. The first-order valence-corrected chi connectivity index (χ1v) is 9.95. The van der Waals surface area contributed by atoms with Crippen LogP contribution in [0.25, 0.3) is 0 Å². The Balaban J connectivity index is 1.63. The molecule has 1 amide bonds. The van der Waals surface area contributed by atoms with Gasteiger partial charge in [-0.1, -0.05) is 0 Å². The maximum absolute atomic E-state index is 12.5. The highest BCUT2D eigenvalue weighted by Gasteiger charge is 2.58. The fraction of sp³-hybridized carbons (Fsp3) is 0.941. The van der Waals surface area contributed by atoms with Crippen molar-refractivity contribution < 1.29 is 18.8 Å². The van der Waals surface area contributed by atoms with Gasteiger partial charge in [0.05, 0.1) is 18.8 Å². The lowest BCUT2D eigenvalue weighted by Crippen LogP contribution is -2.62. The van der Waals surface area contributed by atoms with Crippen LogP contribution in [0.3, 0.4) is 0 Å². The molecule has 1 N–H and O–H groups in total. The van der Waals surface area contributed by atoms with Gasteiger partial charge in [-0.05, 0) is 47.5 Å². The number of ether oxygens (including phenoxy) is 2. The Kier molecular flexibility index (Phi) is 4.60. The maximum Gasteiger partial charge on any atom is 0.410 e. The van der Waals surface area contributed by atoms with Gasteiger partial charge in [-0.25, -0.2) is 4.79 Å². The molecule has 0 radical (unpaired) electrons. The molecule has 3 aliphatic heterocycles. The number of nitrogens with zero attached hydrogens (tertiary/aromatic N) is 1. The van der Waals surface area contributed by atoms with Crippen LogP contribution in [0.1, 0.15) is 53.9 Å². The van der Waals surface area contributed by atoms with E-state index in [4.69, 9.17) is 9.47 Å². The molecule has 0 aromatic carbocycles. The number of rotatable bonds is 0. The first kappa shape index (κ1) is 18.3. The molecule has 3 atom stereocenters. The molecule has 1 spiro atoms. The van der Waals surface area contributed by atoms with E-state index in [0.717, 1.165) is 19.3 Å². The number of carbonyl (C=O) groups excluding carboxylic acids is 1. The van der Waals surface area contributed by atoms with Crippen molar-refractivity contribution in [3.63, 3.8) is 0 Å². The van der Waals surface area contributed by atoms with Gasteiger partial charge in [-0.15, -0.1) is 4.72 Å². The first-order chi connectivity index (χ1) is 11.0. The quantitative estimate of drug-likeness (QED) is 0.672. The van der Waals surface area contributed by atoms with Gasteiger partial charge in [0.2, 0.25) is 0 Å². The van der Waals surface area contributed by atoms with Crippen molar-refractivity contribution in [1.29, 1.82) is 0 Å². The van der Waals surface area contributed by atoms with Crippen molar-refractivity contribution >= 4 is 17.5 Å². The number of hydrogen-bond donors (Lipinski definition) is 1. The average molecular weight is 359 g/mol. The highest BCUT2D eigenvalue weighted by molar-refractivity contribution is 7.90. The summed E-state index contributed by atoms with van der Waals surface area (Å²) < 4.78 is 27.1. The molecule has 0 unspecified atom stereocenters. The molecule has 0 saturated carbocycles. The van der Waals surface area contributed by atoms with Crippen molar-refractivity contribution in [2.45, 2.75) is 76.4 Å². The summed E-state index contributed by atoms with van der Waals surface area (Å²) in [6.07, 6.45) is 2.41. The molecular weight excluding hydrogens is 328 g/mol. The minimum Gasteiger partial charge on any atom is -0.598 e. The van der Waals surface area contributed by atoms with Gasteiger partial charge in [0.15, 0.2) is 0 Å². The number of likely N-dealkylation sites (tertiary alicyclic amines) is 1. The van der Waals surface area contributed by atoms with Gasteiger partial charge in [0, 0.05) is 36.3 Å². The monoisotopic (exact) mass is 358 g/mol. The predicted octanol–water partition coefficient (Wildman–Crippen LogP) is 2.21. The average Bonchev–Trinajstić information content (AvgIpc) is 2.76. The van der Waals surface area contributed by atoms with E-state index in [0.29, 0.717) is 19.7 Å². The maximum atomic E-state index is 12.5. The van der Waals surface area contributed by atoms with Gasteiger partial charge < -0.3 is 18.9 Å². The van der Waals surface area contributed by atoms with E-state index in [1.54, 1.807) is 4.90 Å². The molecule has 3 heterocycles. The zero-order chi connectivity index (χ0) is 17.8. The molecular formula is C17H30N2O4S. The Morgan fingerprint density at radius 3 is 2.54 bits per heavy atom. The van der Waals surface area contributed by atoms with Crippen molar-refractivity contribution in [3.8, 4) is 0 Å². The van der Waals surface area contributed by atoms with Gasteiger partial charge in [0.1, 0.15) is 10.3 Å². The SMILES string of the molecule is CC(C)(C)OC(=O)N1CCC2(CC1)CO[C@@H]1CC(C)(C)[S@@+]([O-])N[C@H]12. The van der Waals surface area contributed by atoms with Crippen molar-refractivity contribution in [2.24, 2.45) is 5.41 Å². The fourth-order valence-corrected chi connectivity index (χ4v) is 5.25. The van der Waals surface area contributed by atoms with Crippen LogP contribution in [0, 0.1) is 5.41 Å². The van der Waals surface area contributed by atoms with Gasteiger partial charge in [-0.3, -0.25) is 0 Å². The summed E-state index contributed by atoms with van der Waals surface area (Å²) in [4.78, 5) is 14.0. The van der Waals surface area contributed by atoms with E-state index in [-0.39, 0.29) is 28.4 Å². The first-order valence-electron chi connectivity index (χ1n) is 8.80. The summed E-state index contributed by atoms with van der Waals surface area (Å²) in [5, 5.41) is 0. The summed E-state index contributed by atoms with van der Waals surface area (Å²) in [5.74, 6) is 0. The summed E-state index contributed by atoms with van der Waals surface area (Å²) >= 11 is -1.06. The van der Waals surface area contributed by atoms with Crippen LogP contribution in [0.15, 0.2) is 0 Å². The van der Waals surface area contributed by atoms with E-state index in [9.17, 15) is 9.35 Å². The van der Waals surface area contributed by atoms with Crippen molar-refractivity contribution in [2.75, 3.05) is 19.7 Å². The molecule has 138 valence electrons. The summed E-state index contributed by atoms with van der Waals surface area (Å²) in [6.45, 7) is 11.7. The summed E-state index contributed by atoms with van der Waals surface area (Å²) in [6, 6.07) is 0.118. The third kappa shape index (κ3) is 3.41. The largest absolute Gasteiger partial charge is 0.598 e. The highest BCUT2D eigenvalue weighted by atomic mass is 32.2. The number of fused-ring (bicyclic) bond motifs is 2. The second kappa shape index (κ2) is 6.04. The van der Waals surface area contributed by atoms with E-state index in [1.165, 1.54) is 0 Å². The number of hydrogen-bond acceptors (Lipinski definition) is 5. The molecule has 0 bridgehead atoms. The molecule has 3 fully saturated rings. The Labute approximate surface area is 147 Å². The number of piperidine rings is 1. The molecule has 3 aliphatic rings. The molecule has 0 aromatic heterocycles. The normalized spacial score (nSPS) is 34.9. The number of amides is 1. The van der Waals surface area contributed by atoms with Crippen LogP contribution < -0.4 is 4.72 Å². The Bertz CT molecular complexity index is 497. The number of nitrogens with one attached hydrogen (secondary N) is 1. The Morgan fingerprint density at radius 1 is 1.33 bits per heavy atom. The molecule has 24 heavy (non-hydrogen) atoms. The lowest BCUT2D eigenvalue weighted by Gasteiger charge is -2.46. The van der Waals surface area contributed by atoms with E-state index < -0.39 is 17.0 Å². The minimum absolute atomic E-state index is 0.0185.